The molecule has 0 aliphatic carbocycles. The first-order chi connectivity index (χ1) is 15.0. The number of ether oxygens (including phenoxy) is 1. The van der Waals surface area contributed by atoms with Gasteiger partial charge < -0.3 is 19.9 Å². The SMILES string of the molecule is Cc1cc(N2CCOCC2)ccc1NC(=O)C1CCN(C(=O)c2ccc(F)cc2)CC1. The fraction of sp³-hybridized carbons (Fsp3) is 0.417. The van der Waals surface area contributed by atoms with Gasteiger partial charge in [0.25, 0.3) is 5.91 Å². The summed E-state index contributed by atoms with van der Waals surface area (Å²) in [6.07, 6.45) is 1.23. The summed E-state index contributed by atoms with van der Waals surface area (Å²) < 4.78 is 18.5. The predicted octanol–water partition coefficient (Wildman–Crippen LogP) is 3.46. The quantitative estimate of drug-likeness (QED) is 0.815. The van der Waals surface area contributed by atoms with Crippen molar-refractivity contribution in [1.29, 1.82) is 0 Å². The average molecular weight is 426 g/mol. The molecule has 0 aromatic heterocycles. The van der Waals surface area contributed by atoms with Crippen LogP contribution >= 0.6 is 0 Å². The van der Waals surface area contributed by atoms with Gasteiger partial charge in [-0.15, -0.1) is 0 Å². The Kier molecular flexibility index (Phi) is 6.51. The number of nitrogens with zero attached hydrogens (tertiary/aromatic N) is 2. The summed E-state index contributed by atoms with van der Waals surface area (Å²) in [6, 6.07) is 11.7. The second-order valence-electron chi connectivity index (χ2n) is 8.16. The van der Waals surface area contributed by atoms with Crippen LogP contribution in [0.25, 0.3) is 0 Å². The summed E-state index contributed by atoms with van der Waals surface area (Å²) in [5.74, 6) is -0.611. The van der Waals surface area contributed by atoms with Gasteiger partial charge in [0.05, 0.1) is 13.2 Å². The van der Waals surface area contributed by atoms with E-state index in [1.807, 2.05) is 19.1 Å². The molecule has 2 saturated heterocycles. The van der Waals surface area contributed by atoms with Gasteiger partial charge in [-0.25, -0.2) is 4.39 Å². The molecule has 0 bridgehead atoms. The number of rotatable bonds is 4. The number of hydrogen-bond donors (Lipinski definition) is 1. The van der Waals surface area contributed by atoms with Gasteiger partial charge >= 0.3 is 0 Å². The first-order valence-corrected chi connectivity index (χ1v) is 10.8. The monoisotopic (exact) mass is 425 g/mol. The molecule has 4 rings (SSSR count). The number of halogens is 1. The van der Waals surface area contributed by atoms with E-state index in [0.717, 1.165) is 43.2 Å². The van der Waals surface area contributed by atoms with Crippen LogP contribution < -0.4 is 10.2 Å². The number of anilines is 2. The van der Waals surface area contributed by atoms with Crippen LogP contribution in [0.15, 0.2) is 42.5 Å². The number of nitrogens with one attached hydrogen (secondary N) is 1. The van der Waals surface area contributed by atoms with Crippen LogP contribution in [0.4, 0.5) is 15.8 Å². The molecule has 0 spiro atoms. The molecule has 7 heteroatoms. The Morgan fingerprint density at radius 2 is 1.68 bits per heavy atom. The van der Waals surface area contributed by atoms with E-state index in [-0.39, 0.29) is 23.5 Å². The van der Waals surface area contributed by atoms with Crippen LogP contribution in [-0.4, -0.2) is 56.1 Å². The van der Waals surface area contributed by atoms with Crippen molar-refractivity contribution in [2.75, 3.05) is 49.6 Å². The van der Waals surface area contributed by atoms with E-state index in [4.69, 9.17) is 4.74 Å². The molecule has 0 radical (unpaired) electrons. The Morgan fingerprint density at radius 3 is 2.32 bits per heavy atom. The summed E-state index contributed by atoms with van der Waals surface area (Å²) >= 11 is 0. The van der Waals surface area contributed by atoms with Crippen LogP contribution in [-0.2, 0) is 9.53 Å². The van der Waals surface area contributed by atoms with E-state index < -0.39 is 0 Å². The van der Waals surface area contributed by atoms with Gasteiger partial charge in [-0.05, 0) is 67.8 Å². The molecule has 2 aromatic rings. The van der Waals surface area contributed by atoms with Gasteiger partial charge in [-0.3, -0.25) is 9.59 Å². The summed E-state index contributed by atoms with van der Waals surface area (Å²) in [5, 5.41) is 3.06. The van der Waals surface area contributed by atoms with E-state index in [9.17, 15) is 14.0 Å². The first-order valence-electron chi connectivity index (χ1n) is 10.8. The Balaban J connectivity index is 1.31. The topological polar surface area (TPSA) is 61.9 Å². The van der Waals surface area contributed by atoms with Crippen LogP contribution in [0.2, 0.25) is 0 Å². The minimum absolute atomic E-state index is 0.00361. The number of aryl methyl sites for hydroxylation is 1. The van der Waals surface area contributed by atoms with Gasteiger partial charge in [0, 0.05) is 49.0 Å². The van der Waals surface area contributed by atoms with Crippen molar-refractivity contribution < 1.29 is 18.7 Å². The molecule has 2 aliphatic heterocycles. The molecule has 2 aromatic carbocycles. The summed E-state index contributed by atoms with van der Waals surface area (Å²) in [4.78, 5) is 29.4. The fourth-order valence-corrected chi connectivity index (χ4v) is 4.16. The van der Waals surface area contributed by atoms with Crippen molar-refractivity contribution in [1.82, 2.24) is 4.90 Å². The lowest BCUT2D eigenvalue weighted by Gasteiger charge is -2.32. The second-order valence-corrected chi connectivity index (χ2v) is 8.16. The van der Waals surface area contributed by atoms with E-state index in [1.54, 1.807) is 4.90 Å². The predicted molar refractivity (Wildman–Crippen MR) is 118 cm³/mol. The molecule has 6 nitrogen and oxygen atoms in total. The highest BCUT2D eigenvalue weighted by Gasteiger charge is 2.28. The number of benzene rings is 2. The second kappa shape index (κ2) is 9.47. The Morgan fingerprint density at radius 1 is 1.00 bits per heavy atom. The third kappa shape index (κ3) is 5.05. The fourth-order valence-electron chi connectivity index (χ4n) is 4.16. The smallest absolute Gasteiger partial charge is 0.253 e. The summed E-state index contributed by atoms with van der Waals surface area (Å²) in [5.41, 5.74) is 3.47. The van der Waals surface area contributed by atoms with Crippen LogP contribution in [0.3, 0.4) is 0 Å². The van der Waals surface area contributed by atoms with Crippen molar-refractivity contribution in [2.45, 2.75) is 19.8 Å². The molecule has 164 valence electrons. The summed E-state index contributed by atoms with van der Waals surface area (Å²) in [7, 11) is 0. The van der Waals surface area contributed by atoms with Crippen molar-refractivity contribution in [3.05, 3.63) is 59.4 Å². The Bertz CT molecular complexity index is 934. The molecule has 0 atom stereocenters. The van der Waals surface area contributed by atoms with E-state index >= 15 is 0 Å². The zero-order valence-corrected chi connectivity index (χ0v) is 17.8. The third-order valence-corrected chi connectivity index (χ3v) is 6.09. The van der Waals surface area contributed by atoms with Gasteiger partial charge in [-0.2, -0.15) is 0 Å². The average Bonchev–Trinajstić information content (AvgIpc) is 2.81. The number of hydrogen-bond acceptors (Lipinski definition) is 4. The van der Waals surface area contributed by atoms with E-state index in [1.165, 1.54) is 24.3 Å². The van der Waals surface area contributed by atoms with Crippen molar-refractivity contribution in [2.24, 2.45) is 5.92 Å². The molecule has 2 aliphatic rings. The molecular weight excluding hydrogens is 397 g/mol. The van der Waals surface area contributed by atoms with Gasteiger partial charge in [0.2, 0.25) is 5.91 Å². The lowest BCUT2D eigenvalue weighted by Crippen LogP contribution is -2.41. The van der Waals surface area contributed by atoms with Crippen LogP contribution in [0.1, 0.15) is 28.8 Å². The molecule has 0 saturated carbocycles. The zero-order chi connectivity index (χ0) is 21.8. The highest BCUT2D eigenvalue weighted by Crippen LogP contribution is 2.26. The number of morpholine rings is 1. The van der Waals surface area contributed by atoms with Gasteiger partial charge in [0.1, 0.15) is 5.82 Å². The highest BCUT2D eigenvalue weighted by atomic mass is 19.1. The van der Waals surface area contributed by atoms with Gasteiger partial charge in [-0.1, -0.05) is 0 Å². The zero-order valence-electron chi connectivity index (χ0n) is 17.8. The van der Waals surface area contributed by atoms with Crippen LogP contribution in [0, 0.1) is 18.7 Å². The maximum Gasteiger partial charge on any atom is 0.253 e. The molecule has 1 N–H and O–H groups in total. The minimum Gasteiger partial charge on any atom is -0.378 e. The maximum absolute atomic E-state index is 13.1. The molecule has 2 amide bonds. The maximum atomic E-state index is 13.1. The van der Waals surface area contributed by atoms with Gasteiger partial charge in [0.15, 0.2) is 0 Å². The normalized spacial score (nSPS) is 17.5. The Labute approximate surface area is 182 Å². The van der Waals surface area contributed by atoms with E-state index in [0.29, 0.717) is 31.5 Å². The molecule has 2 heterocycles. The van der Waals surface area contributed by atoms with Crippen molar-refractivity contribution in [3.8, 4) is 0 Å². The van der Waals surface area contributed by atoms with Crippen LogP contribution in [0.5, 0.6) is 0 Å². The number of carbonyl (C=O) groups is 2. The largest absolute Gasteiger partial charge is 0.378 e. The van der Waals surface area contributed by atoms with Crippen molar-refractivity contribution in [3.63, 3.8) is 0 Å². The lowest BCUT2D eigenvalue weighted by molar-refractivity contribution is -0.121. The molecular formula is C24H28FN3O3. The summed E-state index contributed by atoms with van der Waals surface area (Å²) in [6.45, 7) is 6.26. The first kappa shape index (κ1) is 21.3. The number of piperidine rings is 1. The third-order valence-electron chi connectivity index (χ3n) is 6.09. The number of amides is 2. The van der Waals surface area contributed by atoms with E-state index in [2.05, 4.69) is 16.3 Å². The van der Waals surface area contributed by atoms with Crippen molar-refractivity contribution >= 4 is 23.2 Å². The standard InChI is InChI=1S/C24H28FN3O3/c1-17-16-21(27-12-14-31-15-13-27)6-7-22(17)26-23(29)18-8-10-28(11-9-18)24(30)19-2-4-20(25)5-3-19/h2-7,16,18H,8-15H2,1H3,(H,26,29). The molecule has 0 unspecified atom stereocenters. The molecule has 31 heavy (non-hydrogen) atoms. The Hall–Kier alpha value is -2.93. The highest BCUT2D eigenvalue weighted by molar-refractivity contribution is 5.95. The lowest BCUT2D eigenvalue weighted by atomic mass is 9.95. The number of carbonyl (C=O) groups excluding carboxylic acids is 2. The molecule has 2 fully saturated rings. The number of likely N-dealkylation sites (tertiary alicyclic amines) is 1. The minimum atomic E-state index is -0.361.